The van der Waals surface area contributed by atoms with Crippen molar-refractivity contribution in [2.24, 2.45) is 5.10 Å². The molecule has 0 saturated carbocycles. The molecule has 1 atom stereocenters. The summed E-state index contributed by atoms with van der Waals surface area (Å²) in [5, 5.41) is 4.76. The molecule has 0 bridgehead atoms. The molecule has 0 fully saturated rings. The third-order valence-corrected chi connectivity index (χ3v) is 5.06. The molecule has 0 aliphatic carbocycles. The summed E-state index contributed by atoms with van der Waals surface area (Å²) in [6, 6.07) is 20.9. The summed E-state index contributed by atoms with van der Waals surface area (Å²) in [4.78, 5) is 24.4. The lowest BCUT2D eigenvalue weighted by atomic mass is 10.2. The van der Waals surface area contributed by atoms with E-state index in [1.165, 1.54) is 12.3 Å². The van der Waals surface area contributed by atoms with Crippen molar-refractivity contribution in [2.45, 2.75) is 19.4 Å². The molecular weight excluding hydrogens is 475 g/mol. The molecule has 1 N–H and O–H groups in total. The smallest absolute Gasteiger partial charge is 0.336 e. The molecule has 0 heterocycles. The monoisotopic (exact) mass is 496 g/mol. The lowest BCUT2D eigenvalue weighted by Crippen LogP contribution is -2.35. The highest BCUT2D eigenvalue weighted by atomic mass is 35.5. The van der Waals surface area contributed by atoms with Crippen molar-refractivity contribution < 1.29 is 19.1 Å². The van der Waals surface area contributed by atoms with Crippen LogP contribution in [0.3, 0.4) is 0 Å². The second-order valence-electron chi connectivity index (χ2n) is 7.06. The van der Waals surface area contributed by atoms with Gasteiger partial charge in [0.05, 0.1) is 11.2 Å². The maximum atomic E-state index is 12.4. The molecule has 3 rings (SSSR count). The first kappa shape index (κ1) is 25.0. The molecule has 0 spiro atoms. The third kappa shape index (κ3) is 7.76. The third-order valence-electron chi connectivity index (χ3n) is 4.52. The summed E-state index contributed by atoms with van der Waals surface area (Å²) in [6.07, 6.45) is 4.16. The molecule has 1 amide bonds. The van der Waals surface area contributed by atoms with Crippen molar-refractivity contribution in [2.75, 3.05) is 0 Å². The van der Waals surface area contributed by atoms with E-state index in [2.05, 4.69) is 10.5 Å². The van der Waals surface area contributed by atoms with Crippen molar-refractivity contribution in [3.8, 4) is 11.5 Å². The molecule has 0 radical (unpaired) electrons. The van der Waals surface area contributed by atoms with Gasteiger partial charge < -0.3 is 9.47 Å². The Hall–Kier alpha value is -3.61. The number of halogens is 2. The normalized spacial score (nSPS) is 12.0. The van der Waals surface area contributed by atoms with Gasteiger partial charge in [0.1, 0.15) is 11.5 Å². The SMILES string of the molecule is CC[C@@H](Oc1ccc(Cl)cc1Cl)C(=O)N/N=C\c1ccc(OC(=O)/C=C/c2ccccc2)cc1. The van der Waals surface area contributed by atoms with E-state index in [0.717, 1.165) is 5.56 Å². The van der Waals surface area contributed by atoms with E-state index in [0.29, 0.717) is 33.5 Å². The Morgan fingerprint density at radius 2 is 1.74 bits per heavy atom. The summed E-state index contributed by atoms with van der Waals surface area (Å²) in [6.45, 7) is 1.81. The Labute approximate surface area is 207 Å². The van der Waals surface area contributed by atoms with Gasteiger partial charge in [0.15, 0.2) is 6.10 Å². The molecule has 0 saturated heterocycles. The number of amides is 1. The molecule has 0 aromatic heterocycles. The van der Waals surface area contributed by atoms with Gasteiger partial charge in [0.2, 0.25) is 0 Å². The first-order valence-electron chi connectivity index (χ1n) is 10.4. The standard InChI is InChI=1S/C26H22Cl2N2O4/c1-2-23(34-24-14-11-20(27)16-22(24)28)26(32)30-29-17-19-8-12-21(13-9-19)33-25(31)15-10-18-6-4-3-5-7-18/h3-17,23H,2H2,1H3,(H,30,32)/b15-10+,29-17-/t23-/m1/s1. The van der Waals surface area contributed by atoms with Crippen molar-refractivity contribution in [3.05, 3.63) is 100 Å². The summed E-state index contributed by atoms with van der Waals surface area (Å²) in [5.74, 6) is -0.145. The topological polar surface area (TPSA) is 77.0 Å². The molecule has 6 nitrogen and oxygen atoms in total. The van der Waals surface area contributed by atoms with E-state index >= 15 is 0 Å². The fraction of sp³-hybridized carbons (Fsp3) is 0.115. The minimum absolute atomic E-state index is 0.318. The highest BCUT2D eigenvalue weighted by molar-refractivity contribution is 6.35. The van der Waals surface area contributed by atoms with Crippen LogP contribution in [0.5, 0.6) is 11.5 Å². The highest BCUT2D eigenvalue weighted by Gasteiger charge is 2.19. The summed E-state index contributed by atoms with van der Waals surface area (Å²) in [5.41, 5.74) is 4.06. The number of carbonyl (C=O) groups excluding carboxylic acids is 2. The van der Waals surface area contributed by atoms with E-state index in [4.69, 9.17) is 32.7 Å². The summed E-state index contributed by atoms with van der Waals surface area (Å²) >= 11 is 12.0. The van der Waals surface area contributed by atoms with Gasteiger partial charge in [-0.3, -0.25) is 4.79 Å². The Bertz CT molecular complexity index is 1180. The van der Waals surface area contributed by atoms with Gasteiger partial charge in [-0.05, 0) is 66.1 Å². The zero-order valence-electron chi connectivity index (χ0n) is 18.3. The first-order valence-corrected chi connectivity index (χ1v) is 11.2. The number of nitrogens with one attached hydrogen (secondary N) is 1. The Kier molecular flexibility index (Phi) is 9.26. The Balaban J connectivity index is 1.50. The summed E-state index contributed by atoms with van der Waals surface area (Å²) in [7, 11) is 0. The average molecular weight is 497 g/mol. The first-order chi connectivity index (χ1) is 16.4. The predicted octanol–water partition coefficient (Wildman–Crippen LogP) is 5.92. The van der Waals surface area contributed by atoms with Crippen LogP contribution in [0.25, 0.3) is 6.08 Å². The Morgan fingerprint density at radius 1 is 1.00 bits per heavy atom. The van der Waals surface area contributed by atoms with Gasteiger partial charge in [0, 0.05) is 11.1 Å². The number of esters is 1. The molecule has 34 heavy (non-hydrogen) atoms. The molecule has 3 aromatic carbocycles. The van der Waals surface area contributed by atoms with E-state index in [1.807, 2.05) is 37.3 Å². The number of carbonyl (C=O) groups is 2. The molecular formula is C26H22Cl2N2O4. The second kappa shape index (κ2) is 12.6. The van der Waals surface area contributed by atoms with Gasteiger partial charge >= 0.3 is 5.97 Å². The zero-order valence-corrected chi connectivity index (χ0v) is 19.8. The van der Waals surface area contributed by atoms with Crippen LogP contribution in [-0.4, -0.2) is 24.2 Å². The van der Waals surface area contributed by atoms with Crippen molar-refractivity contribution in [1.29, 1.82) is 0 Å². The van der Waals surface area contributed by atoms with Crippen molar-refractivity contribution >= 4 is 47.4 Å². The van der Waals surface area contributed by atoms with Gasteiger partial charge in [-0.1, -0.05) is 60.5 Å². The van der Waals surface area contributed by atoms with Crippen LogP contribution >= 0.6 is 23.2 Å². The number of hydrazone groups is 1. The number of hydrogen-bond acceptors (Lipinski definition) is 5. The molecule has 174 valence electrons. The molecule has 0 aliphatic heterocycles. The summed E-state index contributed by atoms with van der Waals surface area (Å²) < 4.78 is 11.0. The van der Waals surface area contributed by atoms with Crippen molar-refractivity contribution in [3.63, 3.8) is 0 Å². The van der Waals surface area contributed by atoms with Gasteiger partial charge in [0.25, 0.3) is 5.91 Å². The van der Waals surface area contributed by atoms with E-state index in [-0.39, 0.29) is 0 Å². The van der Waals surface area contributed by atoms with Gasteiger partial charge in [-0.25, -0.2) is 10.2 Å². The van der Waals surface area contributed by atoms with Crippen LogP contribution in [-0.2, 0) is 9.59 Å². The molecule has 3 aromatic rings. The van der Waals surface area contributed by atoms with E-state index < -0.39 is 18.0 Å². The van der Waals surface area contributed by atoms with Gasteiger partial charge in [-0.2, -0.15) is 5.10 Å². The van der Waals surface area contributed by atoms with Gasteiger partial charge in [-0.15, -0.1) is 0 Å². The Morgan fingerprint density at radius 3 is 2.41 bits per heavy atom. The van der Waals surface area contributed by atoms with Crippen LogP contribution in [0.2, 0.25) is 10.0 Å². The lowest BCUT2D eigenvalue weighted by Gasteiger charge is -2.16. The number of benzene rings is 3. The maximum absolute atomic E-state index is 12.4. The highest BCUT2D eigenvalue weighted by Crippen LogP contribution is 2.28. The van der Waals surface area contributed by atoms with E-state index in [1.54, 1.807) is 48.5 Å². The number of rotatable bonds is 9. The zero-order chi connectivity index (χ0) is 24.3. The van der Waals surface area contributed by atoms with Crippen LogP contribution in [0, 0.1) is 0 Å². The van der Waals surface area contributed by atoms with Crippen LogP contribution in [0.1, 0.15) is 24.5 Å². The lowest BCUT2D eigenvalue weighted by molar-refractivity contribution is -0.129. The fourth-order valence-corrected chi connectivity index (χ4v) is 3.24. The molecule has 8 heteroatoms. The minimum Gasteiger partial charge on any atom is -0.479 e. The number of ether oxygens (including phenoxy) is 2. The van der Waals surface area contributed by atoms with Crippen molar-refractivity contribution in [1.82, 2.24) is 5.43 Å². The van der Waals surface area contributed by atoms with E-state index in [9.17, 15) is 9.59 Å². The molecule has 0 unspecified atom stereocenters. The largest absolute Gasteiger partial charge is 0.479 e. The quantitative estimate of drug-likeness (QED) is 0.131. The molecule has 0 aliphatic rings. The minimum atomic E-state index is -0.776. The average Bonchev–Trinajstić information content (AvgIpc) is 2.84. The predicted molar refractivity (Wildman–Crippen MR) is 134 cm³/mol. The van der Waals surface area contributed by atoms with Crippen LogP contribution < -0.4 is 14.9 Å². The maximum Gasteiger partial charge on any atom is 0.336 e. The fourth-order valence-electron chi connectivity index (χ4n) is 2.79. The number of hydrogen-bond donors (Lipinski definition) is 1. The van der Waals surface area contributed by atoms with Crippen LogP contribution in [0.15, 0.2) is 84.0 Å². The van der Waals surface area contributed by atoms with Crippen LogP contribution in [0.4, 0.5) is 0 Å². The second-order valence-corrected chi connectivity index (χ2v) is 7.90. The number of nitrogens with zero attached hydrogens (tertiary/aromatic N) is 1.